The van der Waals surface area contributed by atoms with Gasteiger partial charge < -0.3 is 10.2 Å². The second-order valence-corrected chi connectivity index (χ2v) is 5.82. The molecule has 0 bridgehead atoms. The van der Waals surface area contributed by atoms with Gasteiger partial charge in [0.15, 0.2) is 10.8 Å². The van der Waals surface area contributed by atoms with Crippen LogP contribution in [-0.2, 0) is 5.75 Å². The van der Waals surface area contributed by atoms with Crippen LogP contribution in [0, 0.1) is 0 Å². The zero-order valence-electron chi connectivity index (χ0n) is 10.1. The van der Waals surface area contributed by atoms with Crippen molar-refractivity contribution in [3.8, 4) is 10.8 Å². The predicted octanol–water partition coefficient (Wildman–Crippen LogP) is 4.28. The maximum atomic E-state index is 5.91. The molecule has 0 radical (unpaired) electrons. The lowest BCUT2D eigenvalue weighted by atomic mass is 10.3. The van der Waals surface area contributed by atoms with Gasteiger partial charge in [-0.15, -0.1) is 23.1 Å². The van der Waals surface area contributed by atoms with Crippen molar-refractivity contribution in [2.75, 3.05) is 5.73 Å². The number of furan rings is 1. The number of hydrogen-bond donors (Lipinski definition) is 1. The first-order valence-corrected chi connectivity index (χ1v) is 7.65. The molecule has 0 aliphatic heterocycles. The summed E-state index contributed by atoms with van der Waals surface area (Å²) < 4.78 is 5.34. The van der Waals surface area contributed by atoms with E-state index in [4.69, 9.17) is 10.2 Å². The van der Waals surface area contributed by atoms with Crippen molar-refractivity contribution in [1.29, 1.82) is 0 Å². The van der Waals surface area contributed by atoms with Crippen LogP contribution in [0.15, 0.2) is 57.4 Å². The number of hydrogen-bond acceptors (Lipinski definition) is 5. The van der Waals surface area contributed by atoms with Crippen molar-refractivity contribution in [3.63, 3.8) is 0 Å². The fraction of sp³-hybridized carbons (Fsp3) is 0.0714. The SMILES string of the molecule is Nc1ccccc1SCc1csc(-c2ccco2)n1. The number of para-hydroxylation sites is 1. The molecule has 96 valence electrons. The number of anilines is 1. The Bertz CT molecular complexity index is 662. The van der Waals surface area contributed by atoms with E-state index < -0.39 is 0 Å². The molecule has 3 aromatic rings. The monoisotopic (exact) mass is 288 g/mol. The zero-order chi connectivity index (χ0) is 13.1. The smallest absolute Gasteiger partial charge is 0.162 e. The van der Waals surface area contributed by atoms with Gasteiger partial charge in [-0.1, -0.05) is 12.1 Å². The molecule has 0 spiro atoms. The molecule has 0 amide bonds. The van der Waals surface area contributed by atoms with Crippen molar-refractivity contribution in [3.05, 3.63) is 53.7 Å². The third-order valence-electron chi connectivity index (χ3n) is 2.58. The zero-order valence-corrected chi connectivity index (χ0v) is 11.7. The van der Waals surface area contributed by atoms with Crippen LogP contribution in [0.2, 0.25) is 0 Å². The molecule has 2 aromatic heterocycles. The lowest BCUT2D eigenvalue weighted by Crippen LogP contribution is -1.88. The number of benzene rings is 1. The Labute approximate surface area is 119 Å². The fourth-order valence-electron chi connectivity index (χ4n) is 1.65. The summed E-state index contributed by atoms with van der Waals surface area (Å²) in [6.45, 7) is 0. The summed E-state index contributed by atoms with van der Waals surface area (Å²) in [6.07, 6.45) is 1.66. The fourth-order valence-corrected chi connectivity index (χ4v) is 3.40. The van der Waals surface area contributed by atoms with E-state index in [1.54, 1.807) is 29.4 Å². The highest BCUT2D eigenvalue weighted by atomic mass is 32.2. The van der Waals surface area contributed by atoms with Gasteiger partial charge in [0.1, 0.15) is 0 Å². The molecule has 0 aliphatic carbocycles. The number of thiazole rings is 1. The first-order valence-electron chi connectivity index (χ1n) is 5.78. The molecule has 0 unspecified atom stereocenters. The van der Waals surface area contributed by atoms with E-state index in [-0.39, 0.29) is 0 Å². The Balaban J connectivity index is 1.70. The second kappa shape index (κ2) is 5.50. The first-order chi connectivity index (χ1) is 9.33. The van der Waals surface area contributed by atoms with E-state index in [0.29, 0.717) is 0 Å². The van der Waals surface area contributed by atoms with Crippen LogP contribution < -0.4 is 5.73 Å². The summed E-state index contributed by atoms with van der Waals surface area (Å²) in [5, 5.41) is 2.98. The number of nitrogen functional groups attached to an aromatic ring is 1. The number of aromatic nitrogens is 1. The maximum Gasteiger partial charge on any atom is 0.162 e. The van der Waals surface area contributed by atoms with Gasteiger partial charge in [0, 0.05) is 21.7 Å². The minimum atomic E-state index is 0.811. The van der Waals surface area contributed by atoms with Crippen molar-refractivity contribution in [1.82, 2.24) is 4.98 Å². The third-order valence-corrected chi connectivity index (χ3v) is 4.61. The normalized spacial score (nSPS) is 10.7. The van der Waals surface area contributed by atoms with E-state index in [1.807, 2.05) is 36.4 Å². The van der Waals surface area contributed by atoms with Crippen LogP contribution in [0.5, 0.6) is 0 Å². The lowest BCUT2D eigenvalue weighted by molar-refractivity contribution is 0.581. The molecule has 0 atom stereocenters. The molecule has 5 heteroatoms. The summed E-state index contributed by atoms with van der Waals surface area (Å²) in [5.74, 6) is 1.63. The van der Waals surface area contributed by atoms with Gasteiger partial charge in [0.25, 0.3) is 0 Å². The molecule has 3 rings (SSSR count). The van der Waals surface area contributed by atoms with Crippen LogP contribution in [-0.4, -0.2) is 4.98 Å². The summed E-state index contributed by atoms with van der Waals surface area (Å²) in [7, 11) is 0. The van der Waals surface area contributed by atoms with E-state index in [1.165, 1.54) is 0 Å². The number of rotatable bonds is 4. The van der Waals surface area contributed by atoms with Gasteiger partial charge >= 0.3 is 0 Å². The highest BCUT2D eigenvalue weighted by molar-refractivity contribution is 7.98. The van der Waals surface area contributed by atoms with E-state index in [0.717, 1.165) is 32.8 Å². The molecule has 19 heavy (non-hydrogen) atoms. The van der Waals surface area contributed by atoms with Gasteiger partial charge in [-0.3, -0.25) is 0 Å². The summed E-state index contributed by atoms with van der Waals surface area (Å²) in [6, 6.07) is 11.7. The molecule has 2 heterocycles. The average Bonchev–Trinajstić information content (AvgIpc) is 3.09. The summed E-state index contributed by atoms with van der Waals surface area (Å²) in [4.78, 5) is 5.65. The number of nitrogens with zero attached hydrogens (tertiary/aromatic N) is 1. The minimum Gasteiger partial charge on any atom is -0.462 e. The van der Waals surface area contributed by atoms with Crippen LogP contribution in [0.3, 0.4) is 0 Å². The van der Waals surface area contributed by atoms with Gasteiger partial charge in [-0.25, -0.2) is 4.98 Å². The van der Waals surface area contributed by atoms with Gasteiger partial charge in [0.05, 0.1) is 12.0 Å². The molecular formula is C14H12N2OS2. The molecule has 0 saturated heterocycles. The Morgan fingerprint density at radius 3 is 2.89 bits per heavy atom. The average molecular weight is 288 g/mol. The van der Waals surface area contributed by atoms with Crippen LogP contribution >= 0.6 is 23.1 Å². The predicted molar refractivity (Wildman–Crippen MR) is 80.2 cm³/mol. The van der Waals surface area contributed by atoms with E-state index in [9.17, 15) is 0 Å². The Morgan fingerprint density at radius 1 is 1.21 bits per heavy atom. The van der Waals surface area contributed by atoms with Crippen LogP contribution in [0.1, 0.15) is 5.69 Å². The summed E-state index contributed by atoms with van der Waals surface area (Å²) >= 11 is 3.30. The Kier molecular flexibility index (Phi) is 3.57. The molecule has 0 aliphatic rings. The highest BCUT2D eigenvalue weighted by Gasteiger charge is 2.08. The minimum absolute atomic E-state index is 0.811. The molecule has 2 N–H and O–H groups in total. The van der Waals surface area contributed by atoms with Gasteiger partial charge in [-0.05, 0) is 24.3 Å². The first kappa shape index (κ1) is 12.3. The third kappa shape index (κ3) is 2.83. The summed E-state index contributed by atoms with van der Waals surface area (Å²) in [5.41, 5.74) is 7.77. The van der Waals surface area contributed by atoms with Crippen molar-refractivity contribution in [2.24, 2.45) is 0 Å². The second-order valence-electron chi connectivity index (χ2n) is 3.95. The number of thioether (sulfide) groups is 1. The standard InChI is InChI=1S/C14H12N2OS2/c15-11-4-1-2-6-13(11)18-8-10-9-19-14(16-10)12-5-3-7-17-12/h1-7,9H,8,15H2. The van der Waals surface area contributed by atoms with Crippen molar-refractivity contribution in [2.45, 2.75) is 10.6 Å². The maximum absolute atomic E-state index is 5.91. The van der Waals surface area contributed by atoms with Gasteiger partial charge in [0.2, 0.25) is 0 Å². The molecule has 0 saturated carbocycles. The Hall–Kier alpha value is -1.72. The van der Waals surface area contributed by atoms with Gasteiger partial charge in [-0.2, -0.15) is 0 Å². The van der Waals surface area contributed by atoms with Crippen molar-refractivity contribution < 1.29 is 4.42 Å². The Morgan fingerprint density at radius 2 is 2.11 bits per heavy atom. The highest BCUT2D eigenvalue weighted by Crippen LogP contribution is 2.30. The topological polar surface area (TPSA) is 52.0 Å². The van der Waals surface area contributed by atoms with Crippen LogP contribution in [0.4, 0.5) is 5.69 Å². The largest absolute Gasteiger partial charge is 0.462 e. The molecule has 0 fully saturated rings. The van der Waals surface area contributed by atoms with Crippen molar-refractivity contribution >= 4 is 28.8 Å². The van der Waals surface area contributed by atoms with E-state index >= 15 is 0 Å². The van der Waals surface area contributed by atoms with Crippen LogP contribution in [0.25, 0.3) is 10.8 Å². The molecular weight excluding hydrogens is 276 g/mol. The number of nitrogens with two attached hydrogens (primary N) is 1. The molecule has 3 nitrogen and oxygen atoms in total. The van der Waals surface area contributed by atoms with E-state index in [2.05, 4.69) is 10.4 Å². The lowest BCUT2D eigenvalue weighted by Gasteiger charge is -2.02. The molecule has 1 aromatic carbocycles. The quantitative estimate of drug-likeness (QED) is 0.575.